The molecule has 2 atom stereocenters. The third kappa shape index (κ3) is 1.94. The highest BCUT2D eigenvalue weighted by Crippen LogP contribution is 2.38. The molecule has 1 aliphatic heterocycles. The van der Waals surface area contributed by atoms with Crippen molar-refractivity contribution in [2.45, 2.75) is 12.1 Å². The Balaban J connectivity index is 1.92. The van der Waals surface area contributed by atoms with Crippen LogP contribution in [0.3, 0.4) is 0 Å². The van der Waals surface area contributed by atoms with Crippen LogP contribution >= 0.6 is 0 Å². The molecule has 4 nitrogen and oxygen atoms in total. The van der Waals surface area contributed by atoms with E-state index in [1.165, 1.54) is 0 Å². The standard InChI is InChI=1S/C16H16N2O2/c1-20-13-9-7-12(8-10-13)18-15(14(17)16(18)19)11-5-3-2-4-6-11/h2-10,14-15H,17H2,1H3. The van der Waals surface area contributed by atoms with Crippen LogP contribution in [0.15, 0.2) is 54.6 Å². The average Bonchev–Trinajstić information content (AvgIpc) is 2.52. The van der Waals surface area contributed by atoms with E-state index in [0.29, 0.717) is 0 Å². The maximum absolute atomic E-state index is 12.1. The van der Waals surface area contributed by atoms with Crippen molar-refractivity contribution in [3.63, 3.8) is 0 Å². The van der Waals surface area contributed by atoms with Gasteiger partial charge < -0.3 is 15.4 Å². The zero-order valence-electron chi connectivity index (χ0n) is 11.2. The quantitative estimate of drug-likeness (QED) is 0.867. The van der Waals surface area contributed by atoms with Gasteiger partial charge in [0.15, 0.2) is 0 Å². The number of benzene rings is 2. The number of carbonyl (C=O) groups excluding carboxylic acids is 1. The normalized spacial score (nSPS) is 21.5. The summed E-state index contributed by atoms with van der Waals surface area (Å²) in [6.07, 6.45) is 0. The molecule has 2 aromatic carbocycles. The fourth-order valence-corrected chi connectivity index (χ4v) is 2.55. The van der Waals surface area contributed by atoms with Crippen LogP contribution in [0.5, 0.6) is 5.75 Å². The van der Waals surface area contributed by atoms with Crippen molar-refractivity contribution in [3.8, 4) is 5.75 Å². The van der Waals surface area contributed by atoms with Crippen LogP contribution < -0.4 is 15.4 Å². The van der Waals surface area contributed by atoms with Gasteiger partial charge in [0.25, 0.3) is 0 Å². The minimum absolute atomic E-state index is 0.0518. The highest BCUT2D eigenvalue weighted by Gasteiger charge is 2.46. The first-order valence-electron chi connectivity index (χ1n) is 6.50. The Bertz CT molecular complexity index is 610. The highest BCUT2D eigenvalue weighted by atomic mass is 16.5. The van der Waals surface area contributed by atoms with Gasteiger partial charge in [0, 0.05) is 5.69 Å². The van der Waals surface area contributed by atoms with Gasteiger partial charge in [-0.15, -0.1) is 0 Å². The van der Waals surface area contributed by atoms with E-state index in [2.05, 4.69) is 0 Å². The van der Waals surface area contributed by atoms with Gasteiger partial charge in [-0.25, -0.2) is 0 Å². The second-order valence-corrected chi connectivity index (χ2v) is 4.79. The number of rotatable bonds is 3. The van der Waals surface area contributed by atoms with Crippen molar-refractivity contribution in [1.82, 2.24) is 0 Å². The van der Waals surface area contributed by atoms with E-state index < -0.39 is 6.04 Å². The first-order chi connectivity index (χ1) is 9.72. The van der Waals surface area contributed by atoms with Gasteiger partial charge in [-0.2, -0.15) is 0 Å². The predicted octanol–water partition coefficient (Wildman–Crippen LogP) is 2.11. The number of nitrogens with zero attached hydrogens (tertiary/aromatic N) is 1. The van der Waals surface area contributed by atoms with Gasteiger partial charge in [-0.1, -0.05) is 30.3 Å². The number of methoxy groups -OCH3 is 1. The number of β-lactam (4-membered cyclic amide) rings is 1. The van der Waals surface area contributed by atoms with E-state index in [9.17, 15) is 4.79 Å². The lowest BCUT2D eigenvalue weighted by molar-refractivity contribution is -0.126. The monoisotopic (exact) mass is 268 g/mol. The molecule has 1 amide bonds. The number of ether oxygens (including phenoxy) is 1. The fourth-order valence-electron chi connectivity index (χ4n) is 2.55. The molecule has 3 rings (SSSR count). The molecule has 0 aromatic heterocycles. The molecule has 1 aliphatic rings. The third-order valence-electron chi connectivity index (χ3n) is 3.63. The first kappa shape index (κ1) is 12.7. The van der Waals surface area contributed by atoms with Crippen LogP contribution in [0.4, 0.5) is 5.69 Å². The summed E-state index contributed by atoms with van der Waals surface area (Å²) in [6.45, 7) is 0. The van der Waals surface area contributed by atoms with E-state index in [0.717, 1.165) is 17.0 Å². The van der Waals surface area contributed by atoms with E-state index in [-0.39, 0.29) is 11.9 Å². The maximum Gasteiger partial charge on any atom is 0.247 e. The Morgan fingerprint density at radius 1 is 1.05 bits per heavy atom. The van der Waals surface area contributed by atoms with E-state index in [4.69, 9.17) is 10.5 Å². The fraction of sp³-hybridized carbons (Fsp3) is 0.188. The Hall–Kier alpha value is -2.33. The number of carbonyl (C=O) groups is 1. The molecular formula is C16H16N2O2. The number of hydrogen-bond donors (Lipinski definition) is 1. The summed E-state index contributed by atoms with van der Waals surface area (Å²) in [4.78, 5) is 13.8. The lowest BCUT2D eigenvalue weighted by Gasteiger charge is -2.45. The van der Waals surface area contributed by atoms with E-state index in [1.807, 2.05) is 54.6 Å². The number of hydrogen-bond acceptors (Lipinski definition) is 3. The molecule has 4 heteroatoms. The molecule has 102 valence electrons. The Morgan fingerprint density at radius 3 is 2.30 bits per heavy atom. The Morgan fingerprint density at radius 2 is 1.70 bits per heavy atom. The summed E-state index contributed by atoms with van der Waals surface area (Å²) in [7, 11) is 1.62. The topological polar surface area (TPSA) is 55.6 Å². The molecule has 1 fully saturated rings. The van der Waals surface area contributed by atoms with E-state index in [1.54, 1.807) is 12.0 Å². The summed E-state index contributed by atoms with van der Waals surface area (Å²) >= 11 is 0. The van der Waals surface area contributed by atoms with Gasteiger partial charge in [-0.3, -0.25) is 4.79 Å². The number of anilines is 1. The van der Waals surface area contributed by atoms with Crippen LogP contribution in [0.1, 0.15) is 11.6 Å². The molecule has 2 N–H and O–H groups in total. The highest BCUT2D eigenvalue weighted by molar-refractivity contribution is 6.05. The summed E-state index contributed by atoms with van der Waals surface area (Å²) in [5.74, 6) is 0.714. The molecule has 0 saturated carbocycles. The molecule has 2 unspecified atom stereocenters. The van der Waals surface area contributed by atoms with Crippen molar-refractivity contribution in [2.24, 2.45) is 5.73 Å². The molecular weight excluding hydrogens is 252 g/mol. The van der Waals surface area contributed by atoms with Crippen LogP contribution in [0, 0.1) is 0 Å². The summed E-state index contributed by atoms with van der Waals surface area (Å²) < 4.78 is 5.13. The van der Waals surface area contributed by atoms with Gasteiger partial charge in [0.05, 0.1) is 13.2 Å². The van der Waals surface area contributed by atoms with Crippen LogP contribution in [0.25, 0.3) is 0 Å². The van der Waals surface area contributed by atoms with Crippen molar-refractivity contribution < 1.29 is 9.53 Å². The second kappa shape index (κ2) is 4.98. The lowest BCUT2D eigenvalue weighted by atomic mass is 9.88. The van der Waals surface area contributed by atoms with Gasteiger partial charge >= 0.3 is 0 Å². The van der Waals surface area contributed by atoms with Gasteiger partial charge in [0.1, 0.15) is 11.8 Å². The zero-order valence-corrected chi connectivity index (χ0v) is 11.2. The molecule has 0 aliphatic carbocycles. The van der Waals surface area contributed by atoms with Crippen molar-refractivity contribution in [2.75, 3.05) is 12.0 Å². The van der Waals surface area contributed by atoms with Crippen molar-refractivity contribution >= 4 is 11.6 Å². The Kier molecular flexibility index (Phi) is 3.16. The zero-order chi connectivity index (χ0) is 14.1. The van der Waals surface area contributed by atoms with Gasteiger partial charge in [-0.05, 0) is 29.8 Å². The smallest absolute Gasteiger partial charge is 0.247 e. The van der Waals surface area contributed by atoms with Crippen LogP contribution in [-0.4, -0.2) is 19.1 Å². The number of amides is 1. The van der Waals surface area contributed by atoms with Crippen LogP contribution in [-0.2, 0) is 4.79 Å². The second-order valence-electron chi connectivity index (χ2n) is 4.79. The molecule has 0 radical (unpaired) electrons. The Labute approximate surface area is 117 Å². The van der Waals surface area contributed by atoms with Crippen molar-refractivity contribution in [1.29, 1.82) is 0 Å². The minimum atomic E-state index is -0.473. The molecule has 0 bridgehead atoms. The van der Waals surface area contributed by atoms with E-state index >= 15 is 0 Å². The molecule has 2 aromatic rings. The van der Waals surface area contributed by atoms with Gasteiger partial charge in [0.2, 0.25) is 5.91 Å². The average molecular weight is 268 g/mol. The lowest BCUT2D eigenvalue weighted by Crippen LogP contribution is -2.63. The first-order valence-corrected chi connectivity index (χ1v) is 6.50. The molecule has 1 saturated heterocycles. The molecule has 1 heterocycles. The summed E-state index contributed by atoms with van der Waals surface area (Å²) in [5.41, 5.74) is 7.86. The molecule has 0 spiro atoms. The minimum Gasteiger partial charge on any atom is -0.497 e. The largest absolute Gasteiger partial charge is 0.497 e. The predicted molar refractivity (Wildman–Crippen MR) is 77.6 cm³/mol. The van der Waals surface area contributed by atoms with Crippen molar-refractivity contribution in [3.05, 3.63) is 60.2 Å². The third-order valence-corrected chi connectivity index (χ3v) is 3.63. The number of nitrogens with two attached hydrogens (primary N) is 1. The summed E-state index contributed by atoms with van der Waals surface area (Å²) in [6, 6.07) is 16.7. The molecule has 20 heavy (non-hydrogen) atoms. The van der Waals surface area contributed by atoms with Crippen LogP contribution in [0.2, 0.25) is 0 Å². The maximum atomic E-state index is 12.1. The summed E-state index contributed by atoms with van der Waals surface area (Å²) in [5, 5.41) is 0. The SMILES string of the molecule is COc1ccc(N2C(=O)C(N)C2c2ccccc2)cc1.